The first kappa shape index (κ1) is 8.25. The Morgan fingerprint density at radius 1 is 1.29 bits per heavy atom. The molecule has 0 saturated heterocycles. The highest BCUT2D eigenvalue weighted by atomic mass is 32.1. The normalized spacial score (nSPS) is 14.6. The van der Waals surface area contributed by atoms with Gasteiger partial charge in [0, 0.05) is 15.0 Å². The first-order valence-electron chi connectivity index (χ1n) is 5.04. The summed E-state index contributed by atoms with van der Waals surface area (Å²) in [5, 5.41) is 1.48. The van der Waals surface area contributed by atoms with Crippen molar-refractivity contribution >= 4 is 27.5 Å². The van der Waals surface area contributed by atoms with Crippen LogP contribution in [0.2, 0.25) is 0 Å². The Morgan fingerprint density at radius 2 is 2.21 bits per heavy atom. The van der Waals surface area contributed by atoms with Crippen molar-refractivity contribution in [3.63, 3.8) is 0 Å². The molecule has 1 heteroatoms. The van der Waals surface area contributed by atoms with Gasteiger partial charge in [0.25, 0.3) is 0 Å². The lowest BCUT2D eigenvalue weighted by Crippen LogP contribution is -1.87. The van der Waals surface area contributed by atoms with E-state index < -0.39 is 0 Å². The highest BCUT2D eigenvalue weighted by Crippen LogP contribution is 2.37. The molecule has 1 aliphatic carbocycles. The third-order valence-corrected chi connectivity index (χ3v) is 4.09. The maximum atomic E-state index is 2.30. The van der Waals surface area contributed by atoms with Crippen LogP contribution < -0.4 is 0 Å². The molecule has 3 rings (SSSR count). The van der Waals surface area contributed by atoms with E-state index in [4.69, 9.17) is 0 Å². The molecule has 1 aromatic heterocycles. The molecule has 0 radical (unpaired) electrons. The van der Waals surface area contributed by atoms with E-state index in [-0.39, 0.29) is 0 Å². The molecule has 0 unspecified atom stereocenters. The van der Waals surface area contributed by atoms with Crippen molar-refractivity contribution in [2.75, 3.05) is 0 Å². The summed E-state index contributed by atoms with van der Waals surface area (Å²) in [6, 6.07) is 6.60. The summed E-state index contributed by atoms with van der Waals surface area (Å²) in [6.07, 6.45) is 7.02. The van der Waals surface area contributed by atoms with Crippen LogP contribution in [0, 0.1) is 6.92 Å². The van der Waals surface area contributed by atoms with Gasteiger partial charge in [-0.05, 0) is 37.0 Å². The van der Waals surface area contributed by atoms with Crippen molar-refractivity contribution in [1.29, 1.82) is 0 Å². The van der Waals surface area contributed by atoms with Crippen molar-refractivity contribution in [3.05, 3.63) is 40.3 Å². The molecule has 0 N–H and O–H groups in total. The van der Waals surface area contributed by atoms with Crippen LogP contribution in [0.15, 0.2) is 24.3 Å². The van der Waals surface area contributed by atoms with Crippen molar-refractivity contribution < 1.29 is 0 Å². The monoisotopic (exact) mass is 200 g/mol. The van der Waals surface area contributed by atoms with E-state index in [0.717, 1.165) is 0 Å². The van der Waals surface area contributed by atoms with Crippen molar-refractivity contribution in [1.82, 2.24) is 0 Å². The third kappa shape index (κ3) is 1.05. The fraction of sp³-hybridized carbons (Fsp3) is 0.231. The van der Waals surface area contributed by atoms with E-state index in [0.29, 0.717) is 0 Å². The van der Waals surface area contributed by atoms with Crippen molar-refractivity contribution in [2.24, 2.45) is 0 Å². The van der Waals surface area contributed by atoms with Gasteiger partial charge < -0.3 is 0 Å². The standard InChI is InChI=1S/C13H12S/c1-9-5-4-8-12-13(9)10-6-2-3-7-11(10)14-12/h2,4-6,8H,3,7H2,1H3. The number of aryl methyl sites for hydroxylation is 2. The van der Waals surface area contributed by atoms with Crippen molar-refractivity contribution in [2.45, 2.75) is 19.8 Å². The fourth-order valence-corrected chi connectivity index (χ4v) is 3.46. The quantitative estimate of drug-likeness (QED) is 0.598. The first-order chi connectivity index (χ1) is 6.86. The lowest BCUT2D eigenvalue weighted by molar-refractivity contribution is 1.02. The second-order valence-electron chi connectivity index (χ2n) is 3.83. The maximum Gasteiger partial charge on any atom is 0.0354 e. The van der Waals surface area contributed by atoms with Crippen LogP contribution in [-0.4, -0.2) is 0 Å². The van der Waals surface area contributed by atoms with Crippen LogP contribution in [0.3, 0.4) is 0 Å². The van der Waals surface area contributed by atoms with Gasteiger partial charge in [0.2, 0.25) is 0 Å². The molecule has 14 heavy (non-hydrogen) atoms. The molecule has 1 aliphatic rings. The summed E-state index contributed by atoms with van der Waals surface area (Å²) >= 11 is 1.96. The SMILES string of the molecule is Cc1cccc2sc3c(c12)C=CCC3. The molecular formula is C13H12S. The number of fused-ring (bicyclic) bond motifs is 3. The molecule has 1 aromatic carbocycles. The summed E-state index contributed by atoms with van der Waals surface area (Å²) in [6.45, 7) is 2.21. The zero-order chi connectivity index (χ0) is 9.54. The van der Waals surface area contributed by atoms with Crippen LogP contribution in [0.5, 0.6) is 0 Å². The summed E-state index contributed by atoms with van der Waals surface area (Å²) in [7, 11) is 0. The first-order valence-corrected chi connectivity index (χ1v) is 5.85. The van der Waals surface area contributed by atoms with Crippen LogP contribution in [-0.2, 0) is 6.42 Å². The molecule has 1 heterocycles. The smallest absolute Gasteiger partial charge is 0.0354 e. The summed E-state index contributed by atoms with van der Waals surface area (Å²) < 4.78 is 1.45. The van der Waals surface area contributed by atoms with Gasteiger partial charge in [-0.15, -0.1) is 11.3 Å². The Kier molecular flexibility index (Phi) is 1.74. The molecule has 2 aromatic rings. The molecule has 0 aliphatic heterocycles. The topological polar surface area (TPSA) is 0 Å². The highest BCUT2D eigenvalue weighted by molar-refractivity contribution is 7.19. The lowest BCUT2D eigenvalue weighted by atomic mass is 10.0. The Labute approximate surface area is 87.9 Å². The lowest BCUT2D eigenvalue weighted by Gasteiger charge is -2.04. The van der Waals surface area contributed by atoms with Gasteiger partial charge in [-0.2, -0.15) is 0 Å². The molecule has 0 bridgehead atoms. The molecule has 0 amide bonds. The Morgan fingerprint density at radius 3 is 3.14 bits per heavy atom. The average molecular weight is 200 g/mol. The zero-order valence-electron chi connectivity index (χ0n) is 8.21. The minimum absolute atomic E-state index is 1.21. The predicted octanol–water partition coefficient (Wildman–Crippen LogP) is 4.17. The molecule has 0 fully saturated rings. The van der Waals surface area contributed by atoms with Gasteiger partial charge in [-0.25, -0.2) is 0 Å². The van der Waals surface area contributed by atoms with E-state index in [2.05, 4.69) is 37.3 Å². The molecule has 0 saturated carbocycles. The summed E-state index contributed by atoms with van der Waals surface area (Å²) in [5.41, 5.74) is 2.89. The number of allylic oxidation sites excluding steroid dienone is 1. The van der Waals surface area contributed by atoms with E-state index in [1.165, 1.54) is 34.1 Å². The number of hydrogen-bond acceptors (Lipinski definition) is 1. The second kappa shape index (κ2) is 2.96. The average Bonchev–Trinajstić information content (AvgIpc) is 2.57. The largest absolute Gasteiger partial charge is 0.140 e. The van der Waals surface area contributed by atoms with E-state index in [1.54, 1.807) is 4.88 Å². The number of benzene rings is 1. The maximum absolute atomic E-state index is 2.30. The summed E-state index contributed by atoms with van der Waals surface area (Å²) in [5.74, 6) is 0. The minimum Gasteiger partial charge on any atom is -0.140 e. The van der Waals surface area contributed by atoms with Gasteiger partial charge in [-0.3, -0.25) is 0 Å². The fourth-order valence-electron chi connectivity index (χ4n) is 2.18. The summed E-state index contributed by atoms with van der Waals surface area (Å²) in [4.78, 5) is 1.57. The number of rotatable bonds is 0. The second-order valence-corrected chi connectivity index (χ2v) is 4.96. The van der Waals surface area contributed by atoms with E-state index in [1.807, 2.05) is 11.3 Å². The molecule has 0 spiro atoms. The van der Waals surface area contributed by atoms with Gasteiger partial charge in [0.1, 0.15) is 0 Å². The van der Waals surface area contributed by atoms with Crippen molar-refractivity contribution in [3.8, 4) is 0 Å². The van der Waals surface area contributed by atoms with E-state index in [9.17, 15) is 0 Å². The van der Waals surface area contributed by atoms with Crippen LogP contribution in [0.1, 0.15) is 22.4 Å². The Bertz CT molecular complexity index is 517. The third-order valence-electron chi connectivity index (χ3n) is 2.86. The van der Waals surface area contributed by atoms with Crippen LogP contribution in [0.25, 0.3) is 16.2 Å². The van der Waals surface area contributed by atoms with Gasteiger partial charge in [-0.1, -0.05) is 24.3 Å². The molecule has 70 valence electrons. The van der Waals surface area contributed by atoms with Gasteiger partial charge in [0.15, 0.2) is 0 Å². The number of thiophene rings is 1. The van der Waals surface area contributed by atoms with Crippen LogP contribution in [0.4, 0.5) is 0 Å². The predicted molar refractivity (Wildman–Crippen MR) is 63.9 cm³/mol. The van der Waals surface area contributed by atoms with Gasteiger partial charge in [0.05, 0.1) is 0 Å². The van der Waals surface area contributed by atoms with Crippen LogP contribution >= 0.6 is 11.3 Å². The Hall–Kier alpha value is -1.08. The molecular weight excluding hydrogens is 188 g/mol. The molecule has 0 atom stereocenters. The zero-order valence-corrected chi connectivity index (χ0v) is 9.03. The molecule has 0 nitrogen and oxygen atoms in total. The highest BCUT2D eigenvalue weighted by Gasteiger charge is 2.12. The Balaban J connectivity index is 2.45. The van der Waals surface area contributed by atoms with E-state index >= 15 is 0 Å². The minimum atomic E-state index is 1.21. The number of hydrogen-bond donors (Lipinski definition) is 0. The van der Waals surface area contributed by atoms with Gasteiger partial charge >= 0.3 is 0 Å².